The van der Waals surface area contributed by atoms with Gasteiger partial charge in [-0.25, -0.2) is 15.8 Å². The SMILES string of the molecule is Cc1cc(NN)nc(COc2ccc3cccnc3c2)n1. The summed E-state index contributed by atoms with van der Waals surface area (Å²) in [7, 11) is 0. The summed E-state index contributed by atoms with van der Waals surface area (Å²) in [6.45, 7) is 2.15. The number of hydrogen-bond acceptors (Lipinski definition) is 6. The van der Waals surface area contributed by atoms with Gasteiger partial charge < -0.3 is 10.2 Å². The molecule has 106 valence electrons. The van der Waals surface area contributed by atoms with E-state index in [2.05, 4.69) is 20.4 Å². The monoisotopic (exact) mass is 281 g/mol. The van der Waals surface area contributed by atoms with Crippen LogP contribution >= 0.6 is 0 Å². The number of pyridine rings is 1. The molecule has 6 heteroatoms. The van der Waals surface area contributed by atoms with Crippen molar-refractivity contribution in [2.24, 2.45) is 5.84 Å². The van der Waals surface area contributed by atoms with Gasteiger partial charge in [0.2, 0.25) is 0 Å². The summed E-state index contributed by atoms with van der Waals surface area (Å²) in [6, 6.07) is 11.5. The third-order valence-corrected chi connectivity index (χ3v) is 2.99. The van der Waals surface area contributed by atoms with Gasteiger partial charge in [-0.3, -0.25) is 4.98 Å². The first-order valence-corrected chi connectivity index (χ1v) is 6.53. The Morgan fingerprint density at radius 3 is 2.95 bits per heavy atom. The van der Waals surface area contributed by atoms with Gasteiger partial charge in [0.1, 0.15) is 18.2 Å². The van der Waals surface area contributed by atoms with Gasteiger partial charge in [0.25, 0.3) is 0 Å². The lowest BCUT2D eigenvalue weighted by Crippen LogP contribution is -2.12. The van der Waals surface area contributed by atoms with Crippen LogP contribution in [0.4, 0.5) is 5.82 Å². The van der Waals surface area contributed by atoms with Crippen LogP contribution in [-0.4, -0.2) is 15.0 Å². The largest absolute Gasteiger partial charge is 0.486 e. The number of aromatic nitrogens is 3. The highest BCUT2D eigenvalue weighted by atomic mass is 16.5. The topological polar surface area (TPSA) is 86.0 Å². The second-order valence-corrected chi connectivity index (χ2v) is 4.60. The molecule has 0 bridgehead atoms. The Kier molecular flexibility index (Phi) is 3.61. The van der Waals surface area contributed by atoms with Gasteiger partial charge in [-0.05, 0) is 25.1 Å². The van der Waals surface area contributed by atoms with Crippen LogP contribution < -0.4 is 16.0 Å². The fourth-order valence-corrected chi connectivity index (χ4v) is 2.05. The summed E-state index contributed by atoms with van der Waals surface area (Å²) < 4.78 is 5.72. The van der Waals surface area contributed by atoms with Crippen LogP contribution in [0.2, 0.25) is 0 Å². The molecular formula is C15H15N5O. The zero-order chi connectivity index (χ0) is 14.7. The van der Waals surface area contributed by atoms with Crippen LogP contribution in [0.15, 0.2) is 42.6 Å². The maximum Gasteiger partial charge on any atom is 0.168 e. The van der Waals surface area contributed by atoms with Crippen LogP contribution in [0.1, 0.15) is 11.5 Å². The van der Waals surface area contributed by atoms with E-state index in [4.69, 9.17) is 10.6 Å². The number of ether oxygens (including phenoxy) is 1. The average molecular weight is 281 g/mol. The molecule has 0 aliphatic heterocycles. The van der Waals surface area contributed by atoms with E-state index < -0.39 is 0 Å². The Morgan fingerprint density at radius 1 is 1.19 bits per heavy atom. The number of fused-ring (bicyclic) bond motifs is 1. The third-order valence-electron chi connectivity index (χ3n) is 2.99. The molecule has 0 amide bonds. The molecule has 0 radical (unpaired) electrons. The Bertz CT molecular complexity index is 775. The van der Waals surface area contributed by atoms with Gasteiger partial charge >= 0.3 is 0 Å². The van der Waals surface area contributed by atoms with Gasteiger partial charge in [-0.1, -0.05) is 6.07 Å². The first kappa shape index (κ1) is 13.3. The molecule has 0 spiro atoms. The second-order valence-electron chi connectivity index (χ2n) is 4.60. The van der Waals surface area contributed by atoms with Crippen molar-refractivity contribution in [3.05, 3.63) is 54.1 Å². The van der Waals surface area contributed by atoms with Gasteiger partial charge in [-0.15, -0.1) is 0 Å². The molecule has 3 rings (SSSR count). The van der Waals surface area contributed by atoms with E-state index in [0.29, 0.717) is 11.6 Å². The zero-order valence-electron chi connectivity index (χ0n) is 11.6. The van der Waals surface area contributed by atoms with Gasteiger partial charge in [-0.2, -0.15) is 0 Å². The van der Waals surface area contributed by atoms with Crippen molar-refractivity contribution in [1.29, 1.82) is 0 Å². The van der Waals surface area contributed by atoms with Crippen molar-refractivity contribution in [3.63, 3.8) is 0 Å². The molecule has 3 N–H and O–H groups in total. The maximum absolute atomic E-state index is 5.72. The van der Waals surface area contributed by atoms with Crippen LogP contribution in [0.5, 0.6) is 5.75 Å². The Balaban J connectivity index is 1.78. The van der Waals surface area contributed by atoms with Crippen molar-refractivity contribution in [2.75, 3.05) is 5.43 Å². The van der Waals surface area contributed by atoms with Crippen molar-refractivity contribution < 1.29 is 4.74 Å². The summed E-state index contributed by atoms with van der Waals surface area (Å²) in [5.74, 6) is 7.24. The molecule has 2 heterocycles. The van der Waals surface area contributed by atoms with Gasteiger partial charge in [0, 0.05) is 29.4 Å². The van der Waals surface area contributed by atoms with Crippen molar-refractivity contribution in [3.8, 4) is 5.75 Å². The smallest absolute Gasteiger partial charge is 0.168 e. The Hall–Kier alpha value is -2.73. The summed E-state index contributed by atoms with van der Waals surface area (Å²) in [6.07, 6.45) is 1.76. The first-order chi connectivity index (χ1) is 10.2. The molecule has 6 nitrogen and oxygen atoms in total. The molecule has 0 fully saturated rings. The summed E-state index contributed by atoms with van der Waals surface area (Å²) in [5.41, 5.74) is 4.24. The highest BCUT2D eigenvalue weighted by molar-refractivity contribution is 5.79. The van der Waals surface area contributed by atoms with Crippen LogP contribution in [-0.2, 0) is 6.61 Å². The third kappa shape index (κ3) is 3.06. The Morgan fingerprint density at radius 2 is 2.10 bits per heavy atom. The standard InChI is InChI=1S/C15H15N5O/c1-10-7-14(20-16)19-15(18-10)9-21-12-5-4-11-3-2-6-17-13(11)8-12/h2-8H,9,16H2,1H3,(H,18,19,20). The molecule has 21 heavy (non-hydrogen) atoms. The lowest BCUT2D eigenvalue weighted by atomic mass is 10.2. The lowest BCUT2D eigenvalue weighted by molar-refractivity contribution is 0.296. The molecule has 0 aliphatic carbocycles. The summed E-state index contributed by atoms with van der Waals surface area (Å²) >= 11 is 0. The van der Waals surface area contributed by atoms with Crippen LogP contribution in [0, 0.1) is 6.92 Å². The normalized spacial score (nSPS) is 10.6. The number of nitrogen functional groups attached to an aromatic ring is 1. The number of nitrogens with zero attached hydrogens (tertiary/aromatic N) is 3. The number of rotatable bonds is 4. The highest BCUT2D eigenvalue weighted by Crippen LogP contribution is 2.19. The van der Waals surface area contributed by atoms with Crippen molar-refractivity contribution >= 4 is 16.7 Å². The van der Waals surface area contributed by atoms with E-state index in [0.717, 1.165) is 22.3 Å². The molecule has 2 aromatic heterocycles. The molecule has 0 atom stereocenters. The highest BCUT2D eigenvalue weighted by Gasteiger charge is 2.04. The number of hydrazine groups is 1. The molecule has 1 aromatic carbocycles. The quantitative estimate of drug-likeness (QED) is 0.563. The lowest BCUT2D eigenvalue weighted by Gasteiger charge is -2.08. The number of benzene rings is 1. The molecule has 0 unspecified atom stereocenters. The molecule has 0 aliphatic rings. The second kappa shape index (κ2) is 5.72. The first-order valence-electron chi connectivity index (χ1n) is 6.53. The summed E-state index contributed by atoms with van der Waals surface area (Å²) in [5, 5.41) is 1.08. The number of nitrogens with one attached hydrogen (secondary N) is 1. The van der Waals surface area contributed by atoms with E-state index in [1.54, 1.807) is 12.3 Å². The van der Waals surface area contributed by atoms with Gasteiger partial charge in [0.15, 0.2) is 5.82 Å². The minimum absolute atomic E-state index is 0.273. The summed E-state index contributed by atoms with van der Waals surface area (Å²) in [4.78, 5) is 12.9. The van der Waals surface area contributed by atoms with E-state index in [-0.39, 0.29) is 6.61 Å². The minimum Gasteiger partial charge on any atom is -0.486 e. The molecule has 3 aromatic rings. The molecule has 0 saturated heterocycles. The molecule has 0 saturated carbocycles. The van der Waals surface area contributed by atoms with Crippen molar-refractivity contribution in [2.45, 2.75) is 13.5 Å². The zero-order valence-corrected chi connectivity index (χ0v) is 11.6. The van der Waals surface area contributed by atoms with Gasteiger partial charge in [0.05, 0.1) is 5.52 Å². The van der Waals surface area contributed by atoms with E-state index in [9.17, 15) is 0 Å². The minimum atomic E-state index is 0.273. The Labute approximate surface area is 122 Å². The predicted octanol–water partition coefficient (Wildman–Crippen LogP) is 2.20. The fraction of sp³-hybridized carbons (Fsp3) is 0.133. The number of anilines is 1. The van der Waals surface area contributed by atoms with Crippen molar-refractivity contribution in [1.82, 2.24) is 15.0 Å². The van der Waals surface area contributed by atoms with E-state index >= 15 is 0 Å². The number of hydrogen-bond donors (Lipinski definition) is 2. The fourth-order valence-electron chi connectivity index (χ4n) is 2.05. The maximum atomic E-state index is 5.72. The van der Waals surface area contributed by atoms with Crippen LogP contribution in [0.3, 0.4) is 0 Å². The van der Waals surface area contributed by atoms with E-state index in [1.165, 1.54) is 0 Å². The number of aryl methyl sites for hydroxylation is 1. The van der Waals surface area contributed by atoms with E-state index in [1.807, 2.05) is 37.3 Å². The molecular weight excluding hydrogens is 266 g/mol. The van der Waals surface area contributed by atoms with Crippen LogP contribution in [0.25, 0.3) is 10.9 Å². The predicted molar refractivity (Wildman–Crippen MR) is 80.7 cm³/mol. The number of nitrogens with two attached hydrogens (primary N) is 1. The average Bonchev–Trinajstić information content (AvgIpc) is 2.52.